The summed E-state index contributed by atoms with van der Waals surface area (Å²) in [6.07, 6.45) is 4.33. The van der Waals surface area contributed by atoms with Gasteiger partial charge >= 0.3 is 0 Å². The SMILES string of the molecule is CCc1ccc(NC(=O)c2cc3c(c4ccccc4n3C)n2-c2ncccn2)cc1. The van der Waals surface area contributed by atoms with Crippen LogP contribution in [0.25, 0.3) is 27.9 Å². The Morgan fingerprint density at radius 1 is 0.967 bits per heavy atom. The molecule has 6 nitrogen and oxygen atoms in total. The van der Waals surface area contributed by atoms with E-state index in [1.807, 2.05) is 54.1 Å². The minimum Gasteiger partial charge on any atom is -0.342 e. The lowest BCUT2D eigenvalue weighted by atomic mass is 10.1. The Kier molecular flexibility index (Phi) is 4.32. The van der Waals surface area contributed by atoms with Gasteiger partial charge in [0.25, 0.3) is 5.91 Å². The number of benzene rings is 2. The smallest absolute Gasteiger partial charge is 0.272 e. The van der Waals surface area contributed by atoms with Crippen LogP contribution < -0.4 is 5.32 Å². The number of hydrogen-bond donors (Lipinski definition) is 1. The molecule has 0 atom stereocenters. The van der Waals surface area contributed by atoms with Gasteiger partial charge in [-0.3, -0.25) is 9.36 Å². The lowest BCUT2D eigenvalue weighted by molar-refractivity contribution is 0.102. The van der Waals surface area contributed by atoms with Crippen LogP contribution in [0.1, 0.15) is 23.0 Å². The molecular weight excluding hydrogens is 374 g/mol. The molecule has 30 heavy (non-hydrogen) atoms. The van der Waals surface area contributed by atoms with Gasteiger partial charge in [0.1, 0.15) is 5.69 Å². The predicted molar refractivity (Wildman–Crippen MR) is 119 cm³/mol. The summed E-state index contributed by atoms with van der Waals surface area (Å²) in [5, 5.41) is 4.06. The van der Waals surface area contributed by atoms with Crippen molar-refractivity contribution in [3.8, 4) is 5.95 Å². The molecule has 1 amide bonds. The summed E-state index contributed by atoms with van der Waals surface area (Å²) >= 11 is 0. The molecule has 0 radical (unpaired) electrons. The topological polar surface area (TPSA) is 64.7 Å². The van der Waals surface area contributed by atoms with Crippen molar-refractivity contribution in [1.82, 2.24) is 19.1 Å². The molecule has 0 saturated carbocycles. The second-order valence-corrected chi connectivity index (χ2v) is 7.23. The Morgan fingerprint density at radius 3 is 2.43 bits per heavy atom. The van der Waals surface area contributed by atoms with Gasteiger partial charge in [-0.1, -0.05) is 37.3 Å². The van der Waals surface area contributed by atoms with Crippen molar-refractivity contribution >= 4 is 33.5 Å². The molecule has 1 N–H and O–H groups in total. The van der Waals surface area contributed by atoms with Gasteiger partial charge in [0.15, 0.2) is 0 Å². The standard InChI is InChI=1S/C24H21N5O/c1-3-16-9-11-17(12-10-16)27-23(30)21-15-20-22(29(21)24-25-13-6-14-26-24)18-7-4-5-8-19(18)28(20)2/h4-15H,3H2,1-2H3,(H,27,30). The Bertz CT molecular complexity index is 1360. The largest absolute Gasteiger partial charge is 0.342 e. The number of hydrogen-bond acceptors (Lipinski definition) is 3. The third-order valence-electron chi connectivity index (χ3n) is 5.47. The number of amides is 1. The van der Waals surface area contributed by atoms with Crippen molar-refractivity contribution in [1.29, 1.82) is 0 Å². The zero-order valence-corrected chi connectivity index (χ0v) is 16.8. The van der Waals surface area contributed by atoms with Gasteiger partial charge < -0.3 is 9.88 Å². The van der Waals surface area contributed by atoms with E-state index in [0.29, 0.717) is 11.6 Å². The molecular formula is C24H21N5O. The average Bonchev–Trinajstić information content (AvgIpc) is 3.31. The lowest BCUT2D eigenvalue weighted by Gasteiger charge is -2.10. The molecule has 0 bridgehead atoms. The summed E-state index contributed by atoms with van der Waals surface area (Å²) in [6.45, 7) is 2.11. The van der Waals surface area contributed by atoms with Crippen LogP contribution in [0.15, 0.2) is 73.1 Å². The fourth-order valence-corrected chi connectivity index (χ4v) is 3.91. The molecule has 0 fully saturated rings. The molecule has 0 aliphatic rings. The number of aromatic nitrogens is 4. The van der Waals surface area contributed by atoms with E-state index in [9.17, 15) is 4.79 Å². The summed E-state index contributed by atoms with van der Waals surface area (Å²) in [7, 11) is 2.01. The van der Waals surface area contributed by atoms with Gasteiger partial charge in [-0.05, 0) is 42.3 Å². The summed E-state index contributed by atoms with van der Waals surface area (Å²) in [4.78, 5) is 22.1. The van der Waals surface area contributed by atoms with E-state index in [0.717, 1.165) is 34.0 Å². The van der Waals surface area contributed by atoms with Gasteiger partial charge in [0, 0.05) is 30.5 Å². The normalized spacial score (nSPS) is 11.3. The van der Waals surface area contributed by atoms with Gasteiger partial charge in [-0.2, -0.15) is 0 Å². The maximum atomic E-state index is 13.3. The molecule has 0 saturated heterocycles. The maximum Gasteiger partial charge on any atom is 0.272 e. The Morgan fingerprint density at radius 2 is 1.70 bits per heavy atom. The minimum atomic E-state index is -0.202. The summed E-state index contributed by atoms with van der Waals surface area (Å²) in [6, 6.07) is 19.7. The molecule has 3 heterocycles. The predicted octanol–water partition coefficient (Wildman–Crippen LogP) is 4.73. The first kappa shape index (κ1) is 18.1. The first-order valence-corrected chi connectivity index (χ1v) is 9.94. The number of anilines is 1. The van der Waals surface area contributed by atoms with Crippen LogP contribution in [-0.2, 0) is 13.5 Å². The van der Waals surface area contributed by atoms with Crippen LogP contribution in [-0.4, -0.2) is 25.0 Å². The molecule has 3 aromatic heterocycles. The van der Waals surface area contributed by atoms with Gasteiger partial charge in [0.2, 0.25) is 5.95 Å². The number of carbonyl (C=O) groups excluding carboxylic acids is 1. The molecule has 2 aromatic carbocycles. The highest BCUT2D eigenvalue weighted by atomic mass is 16.2. The Labute approximate surface area is 173 Å². The van der Waals surface area contributed by atoms with Gasteiger partial charge in [-0.15, -0.1) is 0 Å². The van der Waals surface area contributed by atoms with Crippen molar-refractivity contribution in [3.63, 3.8) is 0 Å². The molecule has 5 rings (SSSR count). The van der Waals surface area contributed by atoms with E-state index in [1.165, 1.54) is 5.56 Å². The number of nitrogens with one attached hydrogen (secondary N) is 1. The summed E-state index contributed by atoms with van der Waals surface area (Å²) in [5.41, 5.74) is 5.45. The second-order valence-electron chi connectivity index (χ2n) is 7.23. The van der Waals surface area contributed by atoms with E-state index >= 15 is 0 Å². The third-order valence-corrected chi connectivity index (χ3v) is 5.47. The summed E-state index contributed by atoms with van der Waals surface area (Å²) in [5.74, 6) is 0.266. The van der Waals surface area contributed by atoms with Crippen LogP contribution in [0.2, 0.25) is 0 Å². The van der Waals surface area contributed by atoms with Crippen molar-refractivity contribution in [3.05, 3.63) is 84.3 Å². The first-order chi connectivity index (χ1) is 14.7. The number of rotatable bonds is 4. The molecule has 0 aliphatic carbocycles. The number of para-hydroxylation sites is 1. The minimum absolute atomic E-state index is 0.202. The van der Waals surface area contributed by atoms with Crippen LogP contribution >= 0.6 is 0 Å². The van der Waals surface area contributed by atoms with Crippen LogP contribution in [0.3, 0.4) is 0 Å². The summed E-state index contributed by atoms with van der Waals surface area (Å²) < 4.78 is 3.93. The molecule has 5 aromatic rings. The highest BCUT2D eigenvalue weighted by molar-refractivity contribution is 6.13. The van der Waals surface area contributed by atoms with E-state index in [-0.39, 0.29) is 5.91 Å². The maximum absolute atomic E-state index is 13.3. The average molecular weight is 395 g/mol. The van der Waals surface area contributed by atoms with Crippen molar-refractivity contribution in [2.75, 3.05) is 5.32 Å². The van der Waals surface area contributed by atoms with Crippen molar-refractivity contribution in [2.24, 2.45) is 7.05 Å². The molecule has 148 valence electrons. The Hall–Kier alpha value is -3.93. The molecule has 0 unspecified atom stereocenters. The van der Waals surface area contributed by atoms with Crippen molar-refractivity contribution in [2.45, 2.75) is 13.3 Å². The van der Waals surface area contributed by atoms with E-state index in [1.54, 1.807) is 18.5 Å². The fourth-order valence-electron chi connectivity index (χ4n) is 3.91. The highest BCUT2D eigenvalue weighted by Crippen LogP contribution is 2.32. The second kappa shape index (κ2) is 7.15. The van der Waals surface area contributed by atoms with Crippen molar-refractivity contribution < 1.29 is 4.79 Å². The number of aryl methyl sites for hydroxylation is 2. The fraction of sp³-hybridized carbons (Fsp3) is 0.125. The first-order valence-electron chi connectivity index (χ1n) is 9.94. The van der Waals surface area contributed by atoms with E-state index in [2.05, 4.69) is 38.9 Å². The number of carbonyl (C=O) groups is 1. The Balaban J connectivity index is 1.69. The molecule has 6 heteroatoms. The van der Waals surface area contributed by atoms with Crippen LogP contribution in [0, 0.1) is 0 Å². The quantitative estimate of drug-likeness (QED) is 0.479. The van der Waals surface area contributed by atoms with Gasteiger partial charge in [-0.25, -0.2) is 9.97 Å². The van der Waals surface area contributed by atoms with Gasteiger partial charge in [0.05, 0.1) is 16.6 Å². The number of nitrogens with zero attached hydrogens (tertiary/aromatic N) is 4. The highest BCUT2D eigenvalue weighted by Gasteiger charge is 2.23. The molecule has 0 spiro atoms. The van der Waals surface area contributed by atoms with Crippen LogP contribution in [0.4, 0.5) is 5.69 Å². The lowest BCUT2D eigenvalue weighted by Crippen LogP contribution is -2.17. The number of fused-ring (bicyclic) bond motifs is 3. The zero-order valence-electron chi connectivity index (χ0n) is 16.8. The zero-order chi connectivity index (χ0) is 20.7. The van der Waals surface area contributed by atoms with E-state index in [4.69, 9.17) is 0 Å². The molecule has 0 aliphatic heterocycles. The third kappa shape index (κ3) is 2.85. The van der Waals surface area contributed by atoms with Crippen LogP contribution in [0.5, 0.6) is 0 Å². The van der Waals surface area contributed by atoms with E-state index < -0.39 is 0 Å². The monoisotopic (exact) mass is 395 g/mol.